The normalized spacial score (nSPS) is 11.6. The number of anilines is 1. The predicted molar refractivity (Wildman–Crippen MR) is 166 cm³/mol. The van der Waals surface area contributed by atoms with Gasteiger partial charge in [0.25, 0.3) is 0 Å². The van der Waals surface area contributed by atoms with E-state index in [4.69, 9.17) is 19.2 Å². The molecule has 0 saturated heterocycles. The Balaban J connectivity index is 1.32. The number of hydrogen-bond donors (Lipinski definition) is 1. The van der Waals surface area contributed by atoms with Crippen LogP contribution in [0.15, 0.2) is 77.7 Å². The molecule has 0 radical (unpaired) electrons. The number of nitrogens with zero attached hydrogens (tertiary/aromatic N) is 3. The minimum absolute atomic E-state index is 0.0483. The summed E-state index contributed by atoms with van der Waals surface area (Å²) in [6.07, 6.45) is -0.353. The number of carbonyl (C=O) groups excluding carboxylic acids is 1. The third kappa shape index (κ3) is 6.59. The van der Waals surface area contributed by atoms with Crippen molar-refractivity contribution >= 4 is 37.3 Å². The van der Waals surface area contributed by atoms with Gasteiger partial charge in [-0.1, -0.05) is 6.07 Å². The van der Waals surface area contributed by atoms with Crippen molar-refractivity contribution < 1.29 is 19.0 Å². The van der Waals surface area contributed by atoms with E-state index in [0.717, 1.165) is 39.0 Å². The van der Waals surface area contributed by atoms with Crippen molar-refractivity contribution in [3.05, 3.63) is 99.1 Å². The summed E-state index contributed by atoms with van der Waals surface area (Å²) in [5.41, 5.74) is 5.09. The van der Waals surface area contributed by atoms with Crippen LogP contribution in [0.5, 0.6) is 11.5 Å². The zero-order valence-corrected chi connectivity index (χ0v) is 26.1. The maximum absolute atomic E-state index is 12.7. The Bertz CT molecular complexity index is 1690. The average molecular weight is 630 g/mol. The third-order valence-electron chi connectivity index (χ3n) is 6.97. The number of methoxy groups -OCH3 is 2. The van der Waals surface area contributed by atoms with E-state index in [1.165, 1.54) is 4.44 Å². The van der Waals surface area contributed by atoms with Gasteiger partial charge in [-0.05, 0) is 0 Å². The van der Waals surface area contributed by atoms with Gasteiger partial charge in [0, 0.05) is 0 Å². The summed E-state index contributed by atoms with van der Waals surface area (Å²) in [4.78, 5) is 25.9. The monoisotopic (exact) mass is 630 g/mol. The van der Waals surface area contributed by atoms with Gasteiger partial charge in [-0.3, -0.25) is 0 Å². The fourth-order valence-electron chi connectivity index (χ4n) is 4.77. The Morgan fingerprint density at radius 1 is 0.976 bits per heavy atom. The van der Waals surface area contributed by atoms with Crippen LogP contribution in [0.4, 0.5) is 10.6 Å². The van der Waals surface area contributed by atoms with Gasteiger partial charge in [0.15, 0.2) is 0 Å². The first-order valence-corrected chi connectivity index (χ1v) is 15.5. The molecule has 5 rings (SSSR count). The molecule has 0 fully saturated rings. The average Bonchev–Trinajstić information content (AvgIpc) is 3.50. The molecule has 5 aromatic rings. The summed E-state index contributed by atoms with van der Waals surface area (Å²) < 4.78 is 17.8. The Labute approximate surface area is 252 Å². The van der Waals surface area contributed by atoms with E-state index in [0.29, 0.717) is 23.9 Å². The van der Waals surface area contributed by atoms with E-state index in [9.17, 15) is 4.79 Å². The standard InChI is InChI=1S/C33H34N4O4Se/c1-21(34-32-27-16-29(39-4)30(40-5)17-28(27)35-22(2)36-32)31-15-25(20-42-31)26-14-10-9-13-24(26)18-37(3)33(38)41-19-23-11-7-6-8-12-23/h6-17,20-21H,18-19H2,1-5H3,(H,34,35,36)/t21-/m1/s1. The minimum atomic E-state index is -0.353. The quantitative estimate of drug-likeness (QED) is 0.174. The van der Waals surface area contributed by atoms with Gasteiger partial charge in [0.2, 0.25) is 0 Å². The number of fused-ring (bicyclic) bond motifs is 1. The summed E-state index contributed by atoms with van der Waals surface area (Å²) in [7, 11) is 5.01. The van der Waals surface area contributed by atoms with Gasteiger partial charge in [0.05, 0.1) is 0 Å². The second-order valence-corrected chi connectivity index (χ2v) is 12.0. The Morgan fingerprint density at radius 2 is 1.69 bits per heavy atom. The van der Waals surface area contributed by atoms with Crippen LogP contribution in [0.25, 0.3) is 22.0 Å². The molecule has 216 valence electrons. The molecule has 8 nitrogen and oxygen atoms in total. The van der Waals surface area contributed by atoms with Crippen molar-refractivity contribution in [3.63, 3.8) is 0 Å². The molecule has 0 unspecified atom stereocenters. The summed E-state index contributed by atoms with van der Waals surface area (Å²) in [6, 6.07) is 24.0. The van der Waals surface area contributed by atoms with E-state index >= 15 is 0 Å². The van der Waals surface area contributed by atoms with Crippen molar-refractivity contribution in [2.45, 2.75) is 33.0 Å². The van der Waals surface area contributed by atoms with Crippen LogP contribution >= 0.6 is 0 Å². The Hall–Kier alpha value is -4.33. The van der Waals surface area contributed by atoms with Gasteiger partial charge in [-0.15, -0.1) is 0 Å². The molecule has 0 aliphatic heterocycles. The molecule has 2 heterocycles. The number of benzene rings is 3. The van der Waals surface area contributed by atoms with Gasteiger partial charge in [-0.2, -0.15) is 0 Å². The number of aromatic nitrogens is 2. The van der Waals surface area contributed by atoms with Gasteiger partial charge in [0.1, 0.15) is 0 Å². The zero-order chi connectivity index (χ0) is 29.6. The fraction of sp³-hybridized carbons (Fsp3) is 0.242. The SMILES string of the molecule is COc1cc2nc(C)nc(N[C@H](C)c3cc(-c4ccccc4CN(C)C(=O)OCc4ccccc4)c[se]3)c2cc1OC. The number of rotatable bonds is 10. The predicted octanol–water partition coefficient (Wildman–Crippen LogP) is 6.62. The van der Waals surface area contributed by atoms with Gasteiger partial charge >= 0.3 is 247 Å². The Morgan fingerprint density at radius 3 is 2.45 bits per heavy atom. The van der Waals surface area contributed by atoms with Gasteiger partial charge < -0.3 is 0 Å². The molecule has 3 aromatic carbocycles. The number of carbonyl (C=O) groups is 1. The van der Waals surface area contributed by atoms with Crippen LogP contribution in [-0.2, 0) is 17.9 Å². The first-order valence-electron chi connectivity index (χ1n) is 13.6. The van der Waals surface area contributed by atoms with Crippen LogP contribution in [0, 0.1) is 6.92 Å². The molecule has 0 aliphatic carbocycles. The number of aryl methyl sites for hydroxylation is 1. The Kier molecular flexibility index (Phi) is 9.10. The van der Waals surface area contributed by atoms with Crippen LogP contribution in [0.2, 0.25) is 0 Å². The van der Waals surface area contributed by atoms with Crippen molar-refractivity contribution in [3.8, 4) is 22.6 Å². The second kappa shape index (κ2) is 13.1. The molecule has 2 aromatic heterocycles. The zero-order valence-electron chi connectivity index (χ0n) is 24.4. The number of amides is 1. The van der Waals surface area contributed by atoms with E-state index in [1.54, 1.807) is 26.2 Å². The molecule has 42 heavy (non-hydrogen) atoms. The summed E-state index contributed by atoms with van der Waals surface area (Å²) in [5.74, 6) is 2.69. The molecule has 1 N–H and O–H groups in total. The third-order valence-corrected chi connectivity index (χ3v) is 9.31. The van der Waals surface area contributed by atoms with Crippen LogP contribution < -0.4 is 14.8 Å². The molecule has 0 aliphatic rings. The molecule has 9 heteroatoms. The molecule has 0 bridgehead atoms. The van der Waals surface area contributed by atoms with E-state index < -0.39 is 0 Å². The van der Waals surface area contributed by atoms with Crippen LogP contribution in [-0.4, -0.2) is 56.7 Å². The fourth-order valence-corrected chi connectivity index (χ4v) is 6.69. The molecule has 0 spiro atoms. The second-order valence-electron chi connectivity index (χ2n) is 10.0. The van der Waals surface area contributed by atoms with Crippen LogP contribution in [0.3, 0.4) is 0 Å². The number of hydrogen-bond acceptors (Lipinski definition) is 7. The van der Waals surface area contributed by atoms with Crippen molar-refractivity contribution in [1.29, 1.82) is 0 Å². The topological polar surface area (TPSA) is 85.8 Å². The summed E-state index contributed by atoms with van der Waals surface area (Å²) in [5, 5.41) is 4.49. The molecule has 0 saturated carbocycles. The van der Waals surface area contributed by atoms with Crippen molar-refractivity contribution in [2.24, 2.45) is 0 Å². The number of nitrogens with one attached hydrogen (secondary N) is 1. The van der Waals surface area contributed by atoms with E-state index in [1.807, 2.05) is 61.5 Å². The van der Waals surface area contributed by atoms with E-state index in [2.05, 4.69) is 40.4 Å². The summed E-state index contributed by atoms with van der Waals surface area (Å²) >= 11 is 0.161. The molecular weight excluding hydrogens is 595 g/mol. The van der Waals surface area contributed by atoms with Crippen LogP contribution in [0.1, 0.15) is 34.4 Å². The summed E-state index contributed by atoms with van der Waals surface area (Å²) in [6.45, 7) is 4.73. The molecule has 1 atom stereocenters. The first kappa shape index (κ1) is 29.2. The molecular formula is C33H34N4O4Se. The molecule has 1 amide bonds. The van der Waals surface area contributed by atoms with Crippen molar-refractivity contribution in [1.82, 2.24) is 14.9 Å². The number of ether oxygens (including phenoxy) is 3. The van der Waals surface area contributed by atoms with Crippen molar-refractivity contribution in [2.75, 3.05) is 26.6 Å². The van der Waals surface area contributed by atoms with Gasteiger partial charge in [-0.25, -0.2) is 0 Å². The maximum atomic E-state index is 12.7. The van der Waals surface area contributed by atoms with E-state index in [-0.39, 0.29) is 33.2 Å². The first-order chi connectivity index (χ1) is 20.4.